The zero-order valence-electron chi connectivity index (χ0n) is 11.5. The third kappa shape index (κ3) is 3.24. The van der Waals surface area contributed by atoms with Crippen molar-refractivity contribution in [2.45, 2.75) is 19.3 Å². The summed E-state index contributed by atoms with van der Waals surface area (Å²) < 4.78 is 13.4. The largest absolute Gasteiger partial charge is 0.478 e. The summed E-state index contributed by atoms with van der Waals surface area (Å²) in [5.74, 6) is -2.10. The molecule has 1 aromatic carbocycles. The molecule has 6 nitrogen and oxygen atoms in total. The summed E-state index contributed by atoms with van der Waals surface area (Å²) in [4.78, 5) is 24.1. The highest BCUT2D eigenvalue weighted by molar-refractivity contribution is 6.00. The summed E-state index contributed by atoms with van der Waals surface area (Å²) in [5, 5.41) is 9.24. The number of carboxylic acids is 1. The van der Waals surface area contributed by atoms with Crippen molar-refractivity contribution in [2.24, 2.45) is 11.7 Å². The number of anilines is 2. The first-order valence-electron chi connectivity index (χ1n) is 6.74. The second-order valence-corrected chi connectivity index (χ2v) is 5.26. The predicted octanol–water partition coefficient (Wildman–Crippen LogP) is 1.20. The topological polar surface area (TPSA) is 110 Å². The van der Waals surface area contributed by atoms with Gasteiger partial charge in [-0.25, -0.2) is 9.18 Å². The molecule has 114 valence electrons. The maximum atomic E-state index is 13.4. The van der Waals surface area contributed by atoms with E-state index in [9.17, 15) is 19.1 Å². The van der Waals surface area contributed by atoms with Crippen LogP contribution in [0.3, 0.4) is 0 Å². The average Bonchev–Trinajstić information content (AvgIpc) is 2.41. The number of nitrogens with two attached hydrogens (primary N) is 2. The van der Waals surface area contributed by atoms with Crippen LogP contribution in [0.15, 0.2) is 12.1 Å². The number of nitrogens with zero attached hydrogens (tertiary/aromatic N) is 1. The first kappa shape index (κ1) is 15.1. The number of halogens is 1. The molecule has 2 rings (SSSR count). The van der Waals surface area contributed by atoms with E-state index in [-0.39, 0.29) is 23.1 Å². The zero-order chi connectivity index (χ0) is 15.6. The van der Waals surface area contributed by atoms with Gasteiger partial charge in [0.15, 0.2) is 0 Å². The van der Waals surface area contributed by atoms with Gasteiger partial charge in [-0.3, -0.25) is 4.79 Å². The summed E-state index contributed by atoms with van der Waals surface area (Å²) >= 11 is 0. The van der Waals surface area contributed by atoms with Crippen LogP contribution in [0.5, 0.6) is 0 Å². The van der Waals surface area contributed by atoms with Crippen LogP contribution >= 0.6 is 0 Å². The van der Waals surface area contributed by atoms with E-state index >= 15 is 0 Å². The van der Waals surface area contributed by atoms with E-state index in [1.165, 1.54) is 12.1 Å². The zero-order valence-corrected chi connectivity index (χ0v) is 11.5. The van der Waals surface area contributed by atoms with Crippen molar-refractivity contribution in [2.75, 3.05) is 23.7 Å². The number of hydrogen-bond acceptors (Lipinski definition) is 4. The Morgan fingerprint density at radius 3 is 2.48 bits per heavy atom. The Morgan fingerprint density at radius 2 is 1.95 bits per heavy atom. The van der Waals surface area contributed by atoms with Crippen molar-refractivity contribution < 1.29 is 19.1 Å². The minimum atomic E-state index is -1.25. The van der Waals surface area contributed by atoms with Crippen LogP contribution in [-0.2, 0) is 4.79 Å². The molecule has 1 amide bonds. The van der Waals surface area contributed by atoms with Crippen LogP contribution in [0.2, 0.25) is 0 Å². The number of benzene rings is 1. The molecule has 0 atom stereocenters. The fourth-order valence-corrected chi connectivity index (χ4v) is 2.73. The van der Waals surface area contributed by atoms with Crippen molar-refractivity contribution in [1.82, 2.24) is 0 Å². The van der Waals surface area contributed by atoms with Gasteiger partial charge in [0.25, 0.3) is 0 Å². The first-order chi connectivity index (χ1) is 9.90. The molecule has 0 unspecified atom stereocenters. The van der Waals surface area contributed by atoms with E-state index in [2.05, 4.69) is 0 Å². The lowest BCUT2D eigenvalue weighted by molar-refractivity contribution is -0.119. The first-order valence-corrected chi connectivity index (χ1v) is 6.74. The minimum absolute atomic E-state index is 0.205. The number of carbonyl (C=O) groups excluding carboxylic acids is 1. The Balaban J connectivity index is 2.19. The van der Waals surface area contributed by atoms with Crippen molar-refractivity contribution in [3.8, 4) is 0 Å². The normalized spacial score (nSPS) is 16.0. The smallest absolute Gasteiger partial charge is 0.340 e. The van der Waals surface area contributed by atoms with E-state index in [4.69, 9.17) is 11.5 Å². The number of primary amides is 1. The van der Waals surface area contributed by atoms with Crippen LogP contribution in [0.25, 0.3) is 0 Å². The molecule has 0 bridgehead atoms. The molecule has 0 spiro atoms. The summed E-state index contributed by atoms with van der Waals surface area (Å²) in [5.41, 5.74) is 10.6. The number of piperidine rings is 1. The third-order valence-electron chi connectivity index (χ3n) is 3.83. The molecule has 1 fully saturated rings. The van der Waals surface area contributed by atoms with Crippen molar-refractivity contribution in [3.63, 3.8) is 0 Å². The number of nitrogen functional groups attached to an aromatic ring is 1. The average molecular weight is 295 g/mol. The molecule has 1 heterocycles. The van der Waals surface area contributed by atoms with Gasteiger partial charge in [-0.15, -0.1) is 0 Å². The Hall–Kier alpha value is -2.31. The van der Waals surface area contributed by atoms with Gasteiger partial charge < -0.3 is 21.5 Å². The van der Waals surface area contributed by atoms with Gasteiger partial charge in [0.2, 0.25) is 5.91 Å². The molecular formula is C14H18FN3O3. The maximum absolute atomic E-state index is 13.4. The summed E-state index contributed by atoms with van der Waals surface area (Å²) in [6, 6.07) is 2.61. The lowest BCUT2D eigenvalue weighted by atomic mass is 9.92. The van der Waals surface area contributed by atoms with E-state index in [1.807, 2.05) is 4.90 Å². The molecule has 1 saturated heterocycles. The van der Waals surface area contributed by atoms with Crippen molar-refractivity contribution in [1.29, 1.82) is 0 Å². The van der Waals surface area contributed by atoms with Crippen LogP contribution in [0.1, 0.15) is 29.6 Å². The Bertz CT molecular complexity index is 569. The molecule has 0 aromatic heterocycles. The molecule has 7 heteroatoms. The van der Waals surface area contributed by atoms with E-state index in [1.54, 1.807) is 0 Å². The molecular weight excluding hydrogens is 277 g/mol. The highest BCUT2D eigenvalue weighted by atomic mass is 19.1. The summed E-state index contributed by atoms with van der Waals surface area (Å²) in [6.45, 7) is 1.17. The van der Waals surface area contributed by atoms with E-state index in [0.29, 0.717) is 25.2 Å². The third-order valence-corrected chi connectivity index (χ3v) is 3.83. The number of carboxylic acid groups (broad SMARTS) is 1. The molecule has 1 aromatic rings. The standard InChI is InChI=1S/C14H18FN3O3/c15-9-1-2-10(12(13(9)17)14(20)21)18-5-3-8(4-6-18)7-11(16)19/h1-2,8H,3-7,17H2,(H2,16,19)(H,20,21). The number of rotatable bonds is 4. The predicted molar refractivity (Wildman–Crippen MR) is 76.5 cm³/mol. The second-order valence-electron chi connectivity index (χ2n) is 5.26. The van der Waals surface area contributed by atoms with Gasteiger partial charge in [-0.05, 0) is 30.9 Å². The van der Waals surface area contributed by atoms with Gasteiger partial charge >= 0.3 is 5.97 Å². The highest BCUT2D eigenvalue weighted by Crippen LogP contribution is 2.31. The van der Waals surface area contributed by atoms with E-state index in [0.717, 1.165) is 12.8 Å². The lowest BCUT2D eigenvalue weighted by Gasteiger charge is -2.34. The Labute approximate surface area is 121 Å². The Kier molecular flexibility index (Phi) is 4.30. The van der Waals surface area contributed by atoms with Crippen LogP contribution in [0.4, 0.5) is 15.8 Å². The molecule has 0 saturated carbocycles. The van der Waals surface area contributed by atoms with Gasteiger partial charge in [-0.1, -0.05) is 0 Å². The molecule has 1 aliphatic rings. The van der Waals surface area contributed by atoms with Gasteiger partial charge in [0, 0.05) is 19.5 Å². The molecule has 5 N–H and O–H groups in total. The Morgan fingerprint density at radius 1 is 1.33 bits per heavy atom. The number of aromatic carboxylic acids is 1. The van der Waals surface area contributed by atoms with Gasteiger partial charge in [-0.2, -0.15) is 0 Å². The van der Waals surface area contributed by atoms with Crippen molar-refractivity contribution >= 4 is 23.3 Å². The van der Waals surface area contributed by atoms with Crippen molar-refractivity contribution in [3.05, 3.63) is 23.5 Å². The summed E-state index contributed by atoms with van der Waals surface area (Å²) in [7, 11) is 0. The quantitative estimate of drug-likeness (QED) is 0.723. The summed E-state index contributed by atoms with van der Waals surface area (Å²) in [6.07, 6.45) is 1.81. The maximum Gasteiger partial charge on any atom is 0.340 e. The second kappa shape index (κ2) is 5.99. The highest BCUT2D eigenvalue weighted by Gasteiger charge is 2.26. The number of carbonyl (C=O) groups is 2. The van der Waals surface area contributed by atoms with E-state index < -0.39 is 11.8 Å². The fraction of sp³-hybridized carbons (Fsp3) is 0.429. The van der Waals surface area contributed by atoms with Gasteiger partial charge in [0.1, 0.15) is 11.4 Å². The van der Waals surface area contributed by atoms with Crippen LogP contribution in [-0.4, -0.2) is 30.1 Å². The van der Waals surface area contributed by atoms with Gasteiger partial charge in [0.05, 0.1) is 11.4 Å². The molecule has 1 aliphatic heterocycles. The lowest BCUT2D eigenvalue weighted by Crippen LogP contribution is -2.36. The minimum Gasteiger partial charge on any atom is -0.478 e. The monoisotopic (exact) mass is 295 g/mol. The number of hydrogen-bond donors (Lipinski definition) is 3. The SMILES string of the molecule is NC(=O)CC1CCN(c2ccc(F)c(N)c2C(=O)O)CC1. The molecule has 21 heavy (non-hydrogen) atoms. The number of amides is 1. The van der Waals surface area contributed by atoms with Crippen LogP contribution in [0, 0.1) is 11.7 Å². The molecule has 0 aliphatic carbocycles. The molecule has 0 radical (unpaired) electrons. The fourth-order valence-electron chi connectivity index (χ4n) is 2.73. The van der Waals surface area contributed by atoms with Crippen LogP contribution < -0.4 is 16.4 Å².